The number of aliphatic imine (C=N–C) groups is 1. The molecule has 1 aliphatic heterocycles. The van der Waals surface area contributed by atoms with Crippen molar-refractivity contribution in [3.8, 4) is 0 Å². The van der Waals surface area contributed by atoms with Gasteiger partial charge in [0.15, 0.2) is 5.96 Å². The van der Waals surface area contributed by atoms with Gasteiger partial charge in [0.1, 0.15) is 0 Å². The van der Waals surface area contributed by atoms with Crippen molar-refractivity contribution in [3.63, 3.8) is 0 Å². The van der Waals surface area contributed by atoms with Gasteiger partial charge >= 0.3 is 0 Å². The van der Waals surface area contributed by atoms with Gasteiger partial charge < -0.3 is 20.9 Å². The van der Waals surface area contributed by atoms with Gasteiger partial charge in [0.25, 0.3) is 0 Å². The Bertz CT molecular complexity index is 440. The summed E-state index contributed by atoms with van der Waals surface area (Å²) in [6, 6.07) is 0.199. The van der Waals surface area contributed by atoms with Gasteiger partial charge in [0.2, 0.25) is 11.8 Å². The molecule has 1 unspecified atom stereocenters. The molecule has 7 nitrogen and oxygen atoms in total. The Kier molecular flexibility index (Phi) is 9.48. The van der Waals surface area contributed by atoms with E-state index >= 15 is 0 Å². The van der Waals surface area contributed by atoms with Crippen molar-refractivity contribution >= 4 is 41.8 Å². The number of nitrogens with zero attached hydrogens (tertiary/aromatic N) is 2. The summed E-state index contributed by atoms with van der Waals surface area (Å²) in [4.78, 5) is 29.5. The molecule has 1 aliphatic rings. The first-order chi connectivity index (χ1) is 10.3. The standard InChI is InChI=1S/C15H29N5O2.HI/c1-6-12(21)20-8-7-11(9-20)19-14(17-5)18-10-15(2,3)13(22)16-4;/h11H,6-10H2,1-5H3,(H,16,22)(H2,17,18,19);1H. The SMILES string of the molecule is CCC(=O)N1CCC(NC(=NC)NCC(C)(C)C(=O)NC)C1.I. The van der Waals surface area contributed by atoms with E-state index < -0.39 is 5.41 Å². The van der Waals surface area contributed by atoms with Gasteiger partial charge in [-0.1, -0.05) is 6.92 Å². The summed E-state index contributed by atoms with van der Waals surface area (Å²) in [6.07, 6.45) is 1.45. The fourth-order valence-corrected chi connectivity index (χ4v) is 2.44. The Hall–Kier alpha value is -1.06. The lowest BCUT2D eigenvalue weighted by molar-refractivity contribution is -0.130. The smallest absolute Gasteiger partial charge is 0.227 e. The van der Waals surface area contributed by atoms with Gasteiger partial charge in [-0.05, 0) is 20.3 Å². The van der Waals surface area contributed by atoms with Gasteiger partial charge in [0.05, 0.1) is 5.41 Å². The number of hydrogen-bond donors (Lipinski definition) is 3. The molecular weight excluding hydrogens is 409 g/mol. The Balaban J connectivity index is 0.00000484. The average Bonchev–Trinajstić information content (AvgIpc) is 2.98. The lowest BCUT2D eigenvalue weighted by Crippen LogP contribution is -2.50. The number of rotatable bonds is 5. The second kappa shape index (κ2) is 9.94. The topological polar surface area (TPSA) is 85.8 Å². The van der Waals surface area contributed by atoms with E-state index in [4.69, 9.17) is 0 Å². The Morgan fingerprint density at radius 1 is 1.35 bits per heavy atom. The number of halogens is 1. The van der Waals surface area contributed by atoms with Crippen LogP contribution in [0.15, 0.2) is 4.99 Å². The summed E-state index contributed by atoms with van der Waals surface area (Å²) in [7, 11) is 3.33. The lowest BCUT2D eigenvalue weighted by atomic mass is 9.92. The maximum absolute atomic E-state index is 11.8. The first-order valence-corrected chi connectivity index (χ1v) is 7.81. The molecule has 0 aromatic carbocycles. The van der Waals surface area contributed by atoms with Gasteiger partial charge in [-0.2, -0.15) is 0 Å². The molecule has 1 rings (SSSR count). The van der Waals surface area contributed by atoms with E-state index in [0.717, 1.165) is 13.0 Å². The molecule has 2 amide bonds. The van der Waals surface area contributed by atoms with Crippen molar-refractivity contribution in [2.75, 3.05) is 33.7 Å². The summed E-state index contributed by atoms with van der Waals surface area (Å²) >= 11 is 0. The van der Waals surface area contributed by atoms with E-state index in [1.807, 2.05) is 25.7 Å². The molecule has 3 N–H and O–H groups in total. The second-order valence-electron chi connectivity index (χ2n) is 6.21. The summed E-state index contributed by atoms with van der Waals surface area (Å²) in [5.74, 6) is 0.830. The molecule has 1 atom stereocenters. The number of guanidine groups is 1. The summed E-state index contributed by atoms with van der Waals surface area (Å²) in [5, 5.41) is 9.16. The highest BCUT2D eigenvalue weighted by Crippen LogP contribution is 2.13. The maximum Gasteiger partial charge on any atom is 0.227 e. The van der Waals surface area contributed by atoms with Crippen LogP contribution in [0, 0.1) is 5.41 Å². The quantitative estimate of drug-likeness (QED) is 0.332. The van der Waals surface area contributed by atoms with Crippen LogP contribution in [0.5, 0.6) is 0 Å². The van der Waals surface area contributed by atoms with Crippen molar-refractivity contribution in [2.24, 2.45) is 10.4 Å². The highest BCUT2D eigenvalue weighted by Gasteiger charge is 2.28. The minimum Gasteiger partial charge on any atom is -0.359 e. The third-order valence-corrected chi connectivity index (χ3v) is 3.95. The average molecular weight is 439 g/mol. The highest BCUT2D eigenvalue weighted by atomic mass is 127. The molecule has 1 saturated heterocycles. The monoisotopic (exact) mass is 439 g/mol. The van der Waals surface area contributed by atoms with Crippen LogP contribution in [-0.2, 0) is 9.59 Å². The lowest BCUT2D eigenvalue weighted by Gasteiger charge is -2.25. The van der Waals surface area contributed by atoms with Gasteiger partial charge in [-0.15, -0.1) is 24.0 Å². The third kappa shape index (κ3) is 6.52. The number of likely N-dealkylation sites (tertiary alicyclic amines) is 1. The highest BCUT2D eigenvalue weighted by molar-refractivity contribution is 14.0. The van der Waals surface area contributed by atoms with Crippen LogP contribution in [0.4, 0.5) is 0 Å². The Morgan fingerprint density at radius 3 is 2.52 bits per heavy atom. The normalized spacial score (nSPS) is 18.2. The zero-order valence-corrected chi connectivity index (χ0v) is 17.1. The molecule has 0 saturated carbocycles. The summed E-state index contributed by atoms with van der Waals surface area (Å²) in [6.45, 7) is 7.60. The molecule has 0 bridgehead atoms. The van der Waals surface area contributed by atoms with Crippen LogP contribution in [-0.4, -0.2) is 62.4 Å². The molecule has 0 radical (unpaired) electrons. The Labute approximate surface area is 156 Å². The van der Waals surface area contributed by atoms with Crippen molar-refractivity contribution in [1.29, 1.82) is 0 Å². The van der Waals surface area contributed by atoms with Crippen molar-refractivity contribution in [1.82, 2.24) is 20.9 Å². The van der Waals surface area contributed by atoms with Crippen LogP contribution >= 0.6 is 24.0 Å². The molecule has 0 aromatic heterocycles. The molecule has 134 valence electrons. The number of nitrogens with one attached hydrogen (secondary N) is 3. The molecule has 8 heteroatoms. The van der Waals surface area contributed by atoms with E-state index in [1.165, 1.54) is 0 Å². The number of hydrogen-bond acceptors (Lipinski definition) is 3. The zero-order chi connectivity index (χ0) is 16.8. The van der Waals surface area contributed by atoms with E-state index in [2.05, 4.69) is 20.9 Å². The first-order valence-electron chi connectivity index (χ1n) is 7.81. The molecule has 1 fully saturated rings. The van der Waals surface area contributed by atoms with E-state index in [-0.39, 0.29) is 41.8 Å². The fourth-order valence-electron chi connectivity index (χ4n) is 2.44. The number of carbonyl (C=O) groups excluding carboxylic acids is 2. The van der Waals surface area contributed by atoms with Gasteiger partial charge in [-0.3, -0.25) is 14.6 Å². The summed E-state index contributed by atoms with van der Waals surface area (Å²) < 4.78 is 0. The van der Waals surface area contributed by atoms with Crippen LogP contribution < -0.4 is 16.0 Å². The van der Waals surface area contributed by atoms with Crippen molar-refractivity contribution in [2.45, 2.75) is 39.7 Å². The second-order valence-corrected chi connectivity index (χ2v) is 6.21. The zero-order valence-electron chi connectivity index (χ0n) is 14.7. The number of carbonyl (C=O) groups is 2. The fraction of sp³-hybridized carbons (Fsp3) is 0.800. The molecule has 0 aliphatic carbocycles. The first kappa shape index (κ1) is 21.9. The molecule has 0 aromatic rings. The van der Waals surface area contributed by atoms with Gasteiger partial charge in [0, 0.05) is 46.2 Å². The maximum atomic E-state index is 11.8. The third-order valence-electron chi connectivity index (χ3n) is 3.95. The number of amides is 2. The molecule has 23 heavy (non-hydrogen) atoms. The predicted octanol–water partition coefficient (Wildman–Crippen LogP) is 0.553. The largest absolute Gasteiger partial charge is 0.359 e. The van der Waals surface area contributed by atoms with Crippen LogP contribution in [0.1, 0.15) is 33.6 Å². The van der Waals surface area contributed by atoms with Crippen molar-refractivity contribution < 1.29 is 9.59 Å². The predicted molar refractivity (Wildman–Crippen MR) is 103 cm³/mol. The van der Waals surface area contributed by atoms with E-state index in [1.54, 1.807) is 14.1 Å². The van der Waals surface area contributed by atoms with E-state index in [0.29, 0.717) is 25.5 Å². The van der Waals surface area contributed by atoms with Crippen LogP contribution in [0.3, 0.4) is 0 Å². The van der Waals surface area contributed by atoms with E-state index in [9.17, 15) is 9.59 Å². The molecule has 0 spiro atoms. The van der Waals surface area contributed by atoms with Crippen LogP contribution in [0.25, 0.3) is 0 Å². The minimum absolute atomic E-state index is 0. The summed E-state index contributed by atoms with van der Waals surface area (Å²) in [5.41, 5.74) is -0.522. The van der Waals surface area contributed by atoms with Crippen LogP contribution in [0.2, 0.25) is 0 Å². The van der Waals surface area contributed by atoms with Gasteiger partial charge in [-0.25, -0.2) is 0 Å². The molecular formula is C15H30IN5O2. The minimum atomic E-state index is -0.522. The molecule has 1 heterocycles. The van der Waals surface area contributed by atoms with Crippen molar-refractivity contribution in [3.05, 3.63) is 0 Å². The Morgan fingerprint density at radius 2 is 2.00 bits per heavy atom.